The molecule has 1 atom stereocenters. The maximum atomic E-state index is 13.2. The molecule has 0 spiro atoms. The molecule has 0 saturated carbocycles. The van der Waals surface area contributed by atoms with Gasteiger partial charge < -0.3 is 20.7 Å². The predicted molar refractivity (Wildman–Crippen MR) is 111 cm³/mol. The molecule has 0 radical (unpaired) electrons. The van der Waals surface area contributed by atoms with Crippen molar-refractivity contribution in [1.82, 2.24) is 20.2 Å². The van der Waals surface area contributed by atoms with Gasteiger partial charge in [-0.2, -0.15) is 0 Å². The number of aromatic nitrogens is 2. The lowest BCUT2D eigenvalue weighted by Crippen LogP contribution is -2.41. The Bertz CT molecular complexity index is 766. The molecule has 8 heteroatoms. The van der Waals surface area contributed by atoms with E-state index in [1.807, 2.05) is 29.2 Å². The van der Waals surface area contributed by atoms with Gasteiger partial charge in [0.1, 0.15) is 17.4 Å². The van der Waals surface area contributed by atoms with E-state index in [0.29, 0.717) is 18.2 Å². The third-order valence-corrected chi connectivity index (χ3v) is 4.88. The Morgan fingerprint density at radius 1 is 1.29 bits per heavy atom. The number of methoxy groups -OCH3 is 1. The van der Waals surface area contributed by atoms with Crippen LogP contribution < -0.4 is 15.8 Å². The number of nitrogens with zero attached hydrogens (tertiary/aromatic N) is 3. The third kappa shape index (κ3) is 5.81. The maximum Gasteiger partial charge on any atom is 0.227 e. The molecule has 1 saturated heterocycles. The van der Waals surface area contributed by atoms with Gasteiger partial charge in [-0.3, -0.25) is 4.79 Å². The van der Waals surface area contributed by atoms with Crippen molar-refractivity contribution in [3.05, 3.63) is 47.9 Å². The highest BCUT2D eigenvalue weighted by atomic mass is 35.5. The fourth-order valence-electron chi connectivity index (χ4n) is 3.49. The van der Waals surface area contributed by atoms with Crippen molar-refractivity contribution in [3.8, 4) is 5.75 Å². The first-order chi connectivity index (χ1) is 13.2. The Morgan fingerprint density at radius 2 is 2.11 bits per heavy atom. The number of nitrogens with two attached hydrogens (primary N) is 1. The predicted octanol–water partition coefficient (Wildman–Crippen LogP) is 2.20. The largest absolute Gasteiger partial charge is 0.496 e. The fourth-order valence-corrected chi connectivity index (χ4v) is 3.49. The monoisotopic (exact) mass is 405 g/mol. The zero-order valence-electron chi connectivity index (χ0n) is 16.1. The van der Waals surface area contributed by atoms with Gasteiger partial charge in [0.05, 0.1) is 20.1 Å². The van der Waals surface area contributed by atoms with E-state index in [-0.39, 0.29) is 30.8 Å². The first kappa shape index (κ1) is 21.9. The highest BCUT2D eigenvalue weighted by molar-refractivity contribution is 5.85. The van der Waals surface area contributed by atoms with Crippen LogP contribution in [-0.4, -0.2) is 47.0 Å². The van der Waals surface area contributed by atoms with Gasteiger partial charge in [0.2, 0.25) is 5.91 Å². The number of amides is 1. The van der Waals surface area contributed by atoms with Crippen molar-refractivity contribution < 1.29 is 9.53 Å². The van der Waals surface area contributed by atoms with Crippen LogP contribution in [0.5, 0.6) is 5.75 Å². The van der Waals surface area contributed by atoms with Crippen molar-refractivity contribution in [1.29, 1.82) is 0 Å². The minimum absolute atomic E-state index is 0. The Balaban J connectivity index is 0.00000280. The summed E-state index contributed by atoms with van der Waals surface area (Å²) < 4.78 is 5.40. The van der Waals surface area contributed by atoms with Crippen molar-refractivity contribution in [2.75, 3.05) is 25.9 Å². The molecular formula is C20H28ClN5O2. The van der Waals surface area contributed by atoms with E-state index in [0.717, 1.165) is 43.7 Å². The van der Waals surface area contributed by atoms with E-state index >= 15 is 0 Å². The first-order valence-electron chi connectivity index (χ1n) is 9.37. The number of nitrogen functional groups attached to an aromatic ring is 1. The van der Waals surface area contributed by atoms with Crippen LogP contribution in [0.2, 0.25) is 0 Å². The minimum Gasteiger partial charge on any atom is -0.496 e. The number of carbonyl (C=O) groups excluding carboxylic acids is 1. The zero-order valence-corrected chi connectivity index (χ0v) is 17.0. The molecule has 2 heterocycles. The summed E-state index contributed by atoms with van der Waals surface area (Å²) in [6, 6.07) is 9.45. The van der Waals surface area contributed by atoms with E-state index in [2.05, 4.69) is 15.3 Å². The van der Waals surface area contributed by atoms with Crippen LogP contribution in [0.4, 0.5) is 5.82 Å². The Labute approximate surface area is 172 Å². The summed E-state index contributed by atoms with van der Waals surface area (Å²) in [6.45, 7) is 2.25. The smallest absolute Gasteiger partial charge is 0.227 e. The van der Waals surface area contributed by atoms with E-state index in [1.54, 1.807) is 19.4 Å². The summed E-state index contributed by atoms with van der Waals surface area (Å²) in [6.07, 6.45) is 4.85. The van der Waals surface area contributed by atoms with Gasteiger partial charge in [0.25, 0.3) is 0 Å². The number of halogens is 1. The lowest BCUT2D eigenvalue weighted by atomic mass is 10.0. The SMILES string of the molecule is COc1ccccc1CC(=O)N(Cc1nccc(N)n1)C1CCCNCC1.Cl. The van der Waals surface area contributed by atoms with Crippen LogP contribution in [0.1, 0.15) is 30.7 Å². The highest BCUT2D eigenvalue weighted by Gasteiger charge is 2.26. The highest BCUT2D eigenvalue weighted by Crippen LogP contribution is 2.22. The summed E-state index contributed by atoms with van der Waals surface area (Å²) in [4.78, 5) is 23.7. The van der Waals surface area contributed by atoms with E-state index in [4.69, 9.17) is 10.5 Å². The lowest BCUT2D eigenvalue weighted by molar-refractivity contribution is -0.134. The quantitative estimate of drug-likeness (QED) is 0.765. The van der Waals surface area contributed by atoms with Crippen LogP contribution in [0.15, 0.2) is 36.5 Å². The molecule has 0 bridgehead atoms. The molecule has 0 aliphatic carbocycles. The van der Waals surface area contributed by atoms with Gasteiger partial charge in [0.15, 0.2) is 0 Å². The Morgan fingerprint density at radius 3 is 2.89 bits per heavy atom. The van der Waals surface area contributed by atoms with Crippen LogP contribution in [0.25, 0.3) is 0 Å². The molecule has 1 amide bonds. The number of hydrogen-bond acceptors (Lipinski definition) is 6. The number of anilines is 1. The minimum atomic E-state index is 0. The molecule has 1 aromatic heterocycles. The number of benzene rings is 1. The molecule has 2 aromatic rings. The van der Waals surface area contributed by atoms with Crippen molar-refractivity contribution in [3.63, 3.8) is 0 Å². The summed E-state index contributed by atoms with van der Waals surface area (Å²) in [5.41, 5.74) is 6.68. The van der Waals surface area contributed by atoms with Crippen LogP contribution in [-0.2, 0) is 17.8 Å². The molecule has 3 N–H and O–H groups in total. The van der Waals surface area contributed by atoms with Gasteiger partial charge in [-0.25, -0.2) is 9.97 Å². The second kappa shape index (κ2) is 10.8. The van der Waals surface area contributed by atoms with Gasteiger partial charge >= 0.3 is 0 Å². The second-order valence-corrected chi connectivity index (χ2v) is 6.74. The number of ether oxygens (including phenoxy) is 1. The average molecular weight is 406 g/mol. The summed E-state index contributed by atoms with van der Waals surface area (Å²) in [7, 11) is 1.62. The van der Waals surface area contributed by atoms with Crippen molar-refractivity contribution in [2.45, 2.75) is 38.3 Å². The van der Waals surface area contributed by atoms with E-state index in [1.165, 1.54) is 0 Å². The lowest BCUT2D eigenvalue weighted by Gasteiger charge is -2.31. The van der Waals surface area contributed by atoms with Crippen molar-refractivity contribution >= 4 is 24.1 Å². The molecule has 28 heavy (non-hydrogen) atoms. The first-order valence-corrected chi connectivity index (χ1v) is 9.37. The van der Waals surface area contributed by atoms with Gasteiger partial charge in [-0.15, -0.1) is 12.4 Å². The zero-order chi connectivity index (χ0) is 19.1. The summed E-state index contributed by atoms with van der Waals surface area (Å²) >= 11 is 0. The molecule has 1 fully saturated rings. The maximum absolute atomic E-state index is 13.2. The van der Waals surface area contributed by atoms with Gasteiger partial charge in [-0.05, 0) is 44.5 Å². The number of rotatable bonds is 6. The van der Waals surface area contributed by atoms with E-state index < -0.39 is 0 Å². The molecule has 1 aliphatic heterocycles. The molecule has 3 rings (SSSR count). The average Bonchev–Trinajstić information content (AvgIpc) is 2.96. The Kier molecular flexibility index (Phi) is 8.47. The molecule has 7 nitrogen and oxygen atoms in total. The molecule has 1 aliphatic rings. The van der Waals surface area contributed by atoms with Crippen LogP contribution in [0.3, 0.4) is 0 Å². The van der Waals surface area contributed by atoms with Crippen molar-refractivity contribution in [2.24, 2.45) is 0 Å². The van der Waals surface area contributed by atoms with Gasteiger partial charge in [0, 0.05) is 17.8 Å². The molecule has 152 valence electrons. The Hall–Kier alpha value is -2.38. The number of carbonyl (C=O) groups is 1. The normalized spacial score (nSPS) is 16.5. The van der Waals surface area contributed by atoms with E-state index in [9.17, 15) is 4.79 Å². The summed E-state index contributed by atoms with van der Waals surface area (Å²) in [5, 5.41) is 3.40. The standard InChI is InChI=1S/C20H27N5O2.ClH/c1-27-17-7-3-2-5-15(17)13-20(26)25(16-6-4-10-22-11-8-16)14-19-23-12-9-18(21)24-19;/h2-3,5,7,9,12,16,22H,4,6,8,10-11,13-14H2,1H3,(H2,21,23,24);1H. The number of para-hydroxylation sites is 1. The molecule has 1 aromatic carbocycles. The summed E-state index contributed by atoms with van der Waals surface area (Å²) in [5.74, 6) is 1.77. The van der Waals surface area contributed by atoms with Gasteiger partial charge in [-0.1, -0.05) is 18.2 Å². The molecule has 1 unspecified atom stereocenters. The number of nitrogens with one attached hydrogen (secondary N) is 1. The fraction of sp³-hybridized carbons (Fsp3) is 0.450. The van der Waals surface area contributed by atoms with Crippen LogP contribution in [0, 0.1) is 0 Å². The molecular weight excluding hydrogens is 378 g/mol. The topological polar surface area (TPSA) is 93.4 Å². The van der Waals surface area contributed by atoms with Crippen LogP contribution >= 0.6 is 12.4 Å². The number of hydrogen-bond donors (Lipinski definition) is 2. The second-order valence-electron chi connectivity index (χ2n) is 6.74. The third-order valence-electron chi connectivity index (χ3n) is 4.88.